The van der Waals surface area contributed by atoms with Gasteiger partial charge in [0.05, 0.1) is 6.20 Å². The number of rotatable bonds is 9. The van der Waals surface area contributed by atoms with E-state index in [0.717, 1.165) is 38.6 Å². The Morgan fingerprint density at radius 1 is 1.11 bits per heavy atom. The van der Waals surface area contributed by atoms with Gasteiger partial charge in [0.2, 0.25) is 5.82 Å². The summed E-state index contributed by atoms with van der Waals surface area (Å²) >= 11 is 6.30. The van der Waals surface area contributed by atoms with E-state index in [1.165, 1.54) is 44.2 Å². The predicted molar refractivity (Wildman–Crippen MR) is 163 cm³/mol. The molecule has 2 aliphatic rings. The number of nitrogens with zero attached hydrogens (tertiary/aromatic N) is 7. The Bertz CT molecular complexity index is 1310. The van der Waals surface area contributed by atoms with Gasteiger partial charge in [-0.25, -0.2) is 9.78 Å². The van der Waals surface area contributed by atoms with Crippen molar-refractivity contribution in [1.82, 2.24) is 30.1 Å². The number of nitrogens with one attached hydrogen (secondary N) is 1. The second-order valence-corrected chi connectivity index (χ2v) is 12.2. The van der Waals surface area contributed by atoms with Crippen LogP contribution in [0.4, 0.5) is 19.0 Å². The molecule has 11 nitrogen and oxygen atoms in total. The van der Waals surface area contributed by atoms with Crippen LogP contribution in [-0.2, 0) is 11.3 Å². The average molecular weight is 653 g/mol. The average Bonchev–Trinajstić information content (AvgIpc) is 2.99. The molecule has 1 aromatic carbocycles. The molecular weight excluding hydrogens is 613 g/mol. The van der Waals surface area contributed by atoms with Crippen LogP contribution in [0.1, 0.15) is 48.4 Å². The molecule has 3 heterocycles. The van der Waals surface area contributed by atoms with Crippen LogP contribution in [0.2, 0.25) is 5.02 Å². The Morgan fingerprint density at radius 3 is 2.22 bits per heavy atom. The minimum Gasteiger partial charge on any atom is -0.475 e. The summed E-state index contributed by atoms with van der Waals surface area (Å²) in [5, 5.41) is 18.2. The number of halogens is 4. The fraction of sp³-hybridized carbons (Fsp3) is 0.567. The minimum absolute atomic E-state index is 0.000545. The fourth-order valence-electron chi connectivity index (χ4n) is 5.10. The highest BCUT2D eigenvalue weighted by Gasteiger charge is 2.38. The molecular formula is C30H40ClF3N8O3. The number of hydrogen-bond acceptors (Lipinski definition) is 9. The van der Waals surface area contributed by atoms with Crippen molar-refractivity contribution >= 4 is 29.3 Å². The number of alkyl halides is 3. The van der Waals surface area contributed by atoms with E-state index in [0.29, 0.717) is 17.9 Å². The van der Waals surface area contributed by atoms with Gasteiger partial charge in [0, 0.05) is 51.4 Å². The molecule has 0 saturated carbocycles. The highest BCUT2D eigenvalue weighted by molar-refractivity contribution is 6.32. The molecule has 45 heavy (non-hydrogen) atoms. The molecule has 2 N–H and O–H groups in total. The summed E-state index contributed by atoms with van der Waals surface area (Å²) < 4.78 is 31.7. The highest BCUT2D eigenvalue weighted by Crippen LogP contribution is 2.23. The van der Waals surface area contributed by atoms with E-state index >= 15 is 0 Å². The minimum atomic E-state index is -5.08. The number of aromatic nitrogens is 2. The van der Waals surface area contributed by atoms with Gasteiger partial charge in [0.1, 0.15) is 11.1 Å². The Balaban J connectivity index is 0.000000707. The second kappa shape index (κ2) is 16.7. The van der Waals surface area contributed by atoms with E-state index in [9.17, 15) is 23.2 Å². The molecule has 0 unspecified atom stereocenters. The number of piperidine rings is 1. The summed E-state index contributed by atoms with van der Waals surface area (Å²) in [7, 11) is 2.22. The van der Waals surface area contributed by atoms with Crippen molar-refractivity contribution in [3.8, 4) is 6.07 Å². The molecule has 2 fully saturated rings. The highest BCUT2D eigenvalue weighted by atomic mass is 35.5. The number of likely N-dealkylation sites (tertiary alicyclic amines) is 1. The second-order valence-electron chi connectivity index (χ2n) is 11.7. The lowest BCUT2D eigenvalue weighted by atomic mass is 9.96. The standard InChI is InChI=1S/C28H39ClN8O.C2HF3O2/c1-21(2)18-37(27-25(29)17-31-26(16-30)32-27)33-28(38)24-6-4-22(5-7-24)19-35-12-14-36(15-13-35)20-23-8-10-34(3)11-9-23;3-2(4,5)1(6)7/h4-7,17,21,23H,8-15,18-20H2,1-3H3,(H,33,38);(H,6,7). The molecule has 1 aromatic heterocycles. The van der Waals surface area contributed by atoms with Crippen molar-refractivity contribution in [2.75, 3.05) is 64.4 Å². The van der Waals surface area contributed by atoms with Gasteiger partial charge in [-0.3, -0.25) is 20.1 Å². The molecule has 0 aliphatic carbocycles. The largest absolute Gasteiger partial charge is 0.490 e. The third kappa shape index (κ3) is 11.7. The number of carbonyl (C=O) groups excluding carboxylic acids is 1. The lowest BCUT2D eigenvalue weighted by Gasteiger charge is -2.38. The molecule has 0 spiro atoms. The number of aliphatic carboxylic acids is 1. The summed E-state index contributed by atoms with van der Waals surface area (Å²) in [6.07, 6.45) is -1.07. The van der Waals surface area contributed by atoms with Crippen LogP contribution in [0.3, 0.4) is 0 Å². The Labute approximate surface area is 266 Å². The molecule has 2 aliphatic heterocycles. The van der Waals surface area contributed by atoms with Gasteiger partial charge in [-0.1, -0.05) is 37.6 Å². The number of anilines is 1. The molecule has 4 rings (SSSR count). The molecule has 0 radical (unpaired) electrons. The summed E-state index contributed by atoms with van der Waals surface area (Å²) in [6.45, 7) is 13.5. The SMILES string of the molecule is CC(C)CN(NC(=O)c1ccc(CN2CCN(CC3CCN(C)CC3)CC2)cc1)c1nc(C#N)ncc1Cl.O=C(O)C(F)(F)F. The monoisotopic (exact) mass is 652 g/mol. The number of carbonyl (C=O) groups is 2. The summed E-state index contributed by atoms with van der Waals surface area (Å²) in [5.74, 6) is -1.64. The van der Waals surface area contributed by atoms with Crippen molar-refractivity contribution in [3.63, 3.8) is 0 Å². The maximum absolute atomic E-state index is 13.1. The number of hydrazine groups is 1. The predicted octanol–water partition coefficient (Wildman–Crippen LogP) is 3.90. The molecule has 246 valence electrons. The molecule has 0 atom stereocenters. The van der Waals surface area contributed by atoms with Crippen LogP contribution in [0, 0.1) is 23.2 Å². The van der Waals surface area contributed by atoms with E-state index in [4.69, 9.17) is 21.5 Å². The fourth-order valence-corrected chi connectivity index (χ4v) is 5.29. The maximum atomic E-state index is 13.1. The third-order valence-electron chi connectivity index (χ3n) is 7.55. The number of nitriles is 1. The third-order valence-corrected chi connectivity index (χ3v) is 7.82. The van der Waals surface area contributed by atoms with E-state index < -0.39 is 12.1 Å². The van der Waals surface area contributed by atoms with E-state index in [-0.39, 0.29) is 22.7 Å². The maximum Gasteiger partial charge on any atom is 0.490 e. The van der Waals surface area contributed by atoms with E-state index in [2.05, 4.69) is 37.1 Å². The van der Waals surface area contributed by atoms with Crippen molar-refractivity contribution < 1.29 is 27.9 Å². The van der Waals surface area contributed by atoms with Gasteiger partial charge >= 0.3 is 12.1 Å². The Morgan fingerprint density at radius 2 is 1.69 bits per heavy atom. The molecule has 15 heteroatoms. The number of piperazine rings is 1. The lowest BCUT2D eigenvalue weighted by molar-refractivity contribution is -0.192. The number of carboxylic acids is 1. The first-order valence-corrected chi connectivity index (χ1v) is 15.2. The normalized spacial score (nSPS) is 16.9. The van der Waals surface area contributed by atoms with Crippen molar-refractivity contribution in [3.05, 3.63) is 52.4 Å². The van der Waals surface area contributed by atoms with Crippen molar-refractivity contribution in [2.24, 2.45) is 11.8 Å². The zero-order chi connectivity index (χ0) is 33.1. The number of carboxylic acid groups (broad SMARTS) is 1. The number of hydrogen-bond donors (Lipinski definition) is 2. The summed E-state index contributed by atoms with van der Waals surface area (Å²) in [6, 6.07) is 9.69. The Kier molecular flexibility index (Phi) is 13.3. The lowest BCUT2D eigenvalue weighted by Crippen LogP contribution is -2.48. The van der Waals surface area contributed by atoms with E-state index in [1.807, 2.05) is 44.2 Å². The van der Waals surface area contributed by atoms with Gasteiger partial charge in [0.15, 0.2) is 5.82 Å². The van der Waals surface area contributed by atoms with Crippen LogP contribution in [0.5, 0.6) is 0 Å². The molecule has 2 saturated heterocycles. The van der Waals surface area contributed by atoms with Crippen molar-refractivity contribution in [1.29, 1.82) is 5.26 Å². The smallest absolute Gasteiger partial charge is 0.475 e. The zero-order valence-electron chi connectivity index (χ0n) is 25.7. The van der Waals surface area contributed by atoms with Gasteiger partial charge in [-0.05, 0) is 62.5 Å². The quantitative estimate of drug-likeness (QED) is 0.385. The van der Waals surface area contributed by atoms with Gasteiger partial charge in [-0.2, -0.15) is 23.4 Å². The van der Waals surface area contributed by atoms with Crippen molar-refractivity contribution in [2.45, 2.75) is 39.4 Å². The number of benzene rings is 1. The van der Waals surface area contributed by atoms with Gasteiger partial charge < -0.3 is 14.9 Å². The zero-order valence-corrected chi connectivity index (χ0v) is 26.5. The van der Waals surface area contributed by atoms with Crippen LogP contribution >= 0.6 is 11.6 Å². The van der Waals surface area contributed by atoms with Gasteiger partial charge in [-0.15, -0.1) is 0 Å². The first kappa shape index (κ1) is 36.0. The summed E-state index contributed by atoms with van der Waals surface area (Å²) in [5.41, 5.74) is 4.65. The Hall–Kier alpha value is -3.51. The van der Waals surface area contributed by atoms with Crippen LogP contribution in [-0.4, -0.2) is 107 Å². The van der Waals surface area contributed by atoms with Crippen LogP contribution in [0.15, 0.2) is 30.5 Å². The first-order valence-electron chi connectivity index (χ1n) is 14.8. The first-order chi connectivity index (χ1) is 21.2. The van der Waals surface area contributed by atoms with Gasteiger partial charge in [0.25, 0.3) is 5.91 Å². The molecule has 1 amide bonds. The molecule has 2 aromatic rings. The van der Waals surface area contributed by atoms with Crippen LogP contribution in [0.25, 0.3) is 0 Å². The van der Waals surface area contributed by atoms with E-state index in [1.54, 1.807) is 5.01 Å². The topological polar surface area (TPSA) is 129 Å². The number of amides is 1. The summed E-state index contributed by atoms with van der Waals surface area (Å²) in [4.78, 5) is 37.6. The van der Waals surface area contributed by atoms with Crippen LogP contribution < -0.4 is 10.4 Å². The molecule has 0 bridgehead atoms.